The number of aromatic carboxylic acids is 1. The standard InChI is InChI=1S/C20H23F2N3O3/c1-12(16-4-3-14(21)10-18(16)22)9-19(26)24-7-5-15(6-8-24)25-13(2)17(11-23-25)20(27)28/h3-4,10-12,15H,5-9H2,1-2H3,(H,27,28). The predicted molar refractivity (Wildman–Crippen MR) is 98.2 cm³/mol. The normalized spacial score (nSPS) is 16.2. The Morgan fingerprint density at radius 2 is 1.96 bits per heavy atom. The summed E-state index contributed by atoms with van der Waals surface area (Å²) in [6, 6.07) is 3.46. The Morgan fingerprint density at radius 1 is 1.29 bits per heavy atom. The zero-order valence-corrected chi connectivity index (χ0v) is 15.9. The van der Waals surface area contributed by atoms with Gasteiger partial charge in [-0.25, -0.2) is 13.6 Å². The van der Waals surface area contributed by atoms with E-state index >= 15 is 0 Å². The minimum atomic E-state index is -1.00. The van der Waals surface area contributed by atoms with Crippen LogP contribution in [0, 0.1) is 18.6 Å². The van der Waals surface area contributed by atoms with Gasteiger partial charge in [-0.15, -0.1) is 0 Å². The molecule has 1 aliphatic rings. The molecule has 3 rings (SSSR count). The maximum Gasteiger partial charge on any atom is 0.339 e. The van der Waals surface area contributed by atoms with E-state index in [1.54, 1.807) is 23.4 Å². The molecule has 0 saturated carbocycles. The third-order valence-corrected chi connectivity index (χ3v) is 5.41. The maximum absolute atomic E-state index is 13.9. The zero-order chi connectivity index (χ0) is 20.4. The molecule has 1 aromatic carbocycles. The molecule has 28 heavy (non-hydrogen) atoms. The van der Waals surface area contributed by atoms with Crippen molar-refractivity contribution in [2.45, 2.75) is 45.1 Å². The summed E-state index contributed by atoms with van der Waals surface area (Å²) < 4.78 is 28.7. The van der Waals surface area contributed by atoms with Gasteiger partial charge in [0.15, 0.2) is 0 Å². The number of carboxylic acid groups (broad SMARTS) is 1. The summed E-state index contributed by atoms with van der Waals surface area (Å²) in [4.78, 5) is 25.5. The first kappa shape index (κ1) is 20.0. The molecule has 0 spiro atoms. The lowest BCUT2D eigenvalue weighted by Gasteiger charge is -2.33. The van der Waals surface area contributed by atoms with Crippen LogP contribution in [-0.2, 0) is 4.79 Å². The van der Waals surface area contributed by atoms with Gasteiger partial charge >= 0.3 is 5.97 Å². The molecule has 1 aliphatic heterocycles. The lowest BCUT2D eigenvalue weighted by atomic mass is 9.95. The molecule has 6 nitrogen and oxygen atoms in total. The fourth-order valence-corrected chi connectivity index (χ4v) is 3.76. The van der Waals surface area contributed by atoms with Crippen LogP contribution >= 0.6 is 0 Å². The smallest absolute Gasteiger partial charge is 0.339 e. The van der Waals surface area contributed by atoms with E-state index in [4.69, 9.17) is 5.11 Å². The molecule has 1 amide bonds. The highest BCUT2D eigenvalue weighted by atomic mass is 19.1. The molecular formula is C20H23F2N3O3. The molecule has 0 bridgehead atoms. The minimum absolute atomic E-state index is 0.0455. The molecule has 150 valence electrons. The van der Waals surface area contributed by atoms with Crippen molar-refractivity contribution in [3.8, 4) is 0 Å². The Hall–Kier alpha value is -2.77. The summed E-state index contributed by atoms with van der Waals surface area (Å²) in [6.07, 6.45) is 2.85. The molecule has 1 fully saturated rings. The first-order chi connectivity index (χ1) is 13.3. The van der Waals surface area contributed by atoms with Crippen molar-refractivity contribution in [3.63, 3.8) is 0 Å². The number of amides is 1. The van der Waals surface area contributed by atoms with Gasteiger partial charge in [0, 0.05) is 25.6 Å². The second-order valence-electron chi connectivity index (χ2n) is 7.28. The van der Waals surface area contributed by atoms with Crippen LogP contribution in [0.5, 0.6) is 0 Å². The molecule has 1 unspecified atom stereocenters. The molecule has 2 heterocycles. The number of hydrogen-bond donors (Lipinski definition) is 1. The summed E-state index contributed by atoms with van der Waals surface area (Å²) >= 11 is 0. The van der Waals surface area contributed by atoms with E-state index in [9.17, 15) is 18.4 Å². The fourth-order valence-electron chi connectivity index (χ4n) is 3.76. The van der Waals surface area contributed by atoms with Gasteiger partial charge in [-0.1, -0.05) is 13.0 Å². The molecule has 1 atom stereocenters. The highest BCUT2D eigenvalue weighted by Gasteiger charge is 2.27. The topological polar surface area (TPSA) is 75.4 Å². The number of nitrogens with zero attached hydrogens (tertiary/aromatic N) is 3. The van der Waals surface area contributed by atoms with E-state index in [1.165, 1.54) is 18.3 Å². The Morgan fingerprint density at radius 3 is 2.54 bits per heavy atom. The quantitative estimate of drug-likeness (QED) is 0.846. The zero-order valence-electron chi connectivity index (χ0n) is 15.9. The number of likely N-dealkylation sites (tertiary alicyclic amines) is 1. The van der Waals surface area contributed by atoms with Crippen LogP contribution in [0.25, 0.3) is 0 Å². The number of halogens is 2. The summed E-state index contributed by atoms with van der Waals surface area (Å²) in [5.74, 6) is -2.70. The van der Waals surface area contributed by atoms with Gasteiger partial charge in [-0.05, 0) is 37.3 Å². The minimum Gasteiger partial charge on any atom is -0.478 e. The van der Waals surface area contributed by atoms with Gasteiger partial charge in [-0.3, -0.25) is 9.48 Å². The average Bonchev–Trinajstić information content (AvgIpc) is 3.03. The van der Waals surface area contributed by atoms with Crippen molar-refractivity contribution >= 4 is 11.9 Å². The molecule has 1 N–H and O–H groups in total. The van der Waals surface area contributed by atoms with Crippen LogP contribution in [0.4, 0.5) is 8.78 Å². The van der Waals surface area contributed by atoms with Crippen molar-refractivity contribution in [1.82, 2.24) is 14.7 Å². The van der Waals surface area contributed by atoms with E-state index in [2.05, 4.69) is 5.10 Å². The first-order valence-corrected chi connectivity index (χ1v) is 9.28. The number of piperidine rings is 1. The average molecular weight is 391 g/mol. The van der Waals surface area contributed by atoms with Crippen LogP contribution in [-0.4, -0.2) is 44.8 Å². The number of carbonyl (C=O) groups excluding carboxylic acids is 1. The predicted octanol–water partition coefficient (Wildman–Crippen LogP) is 3.53. The van der Waals surface area contributed by atoms with Gasteiger partial charge in [0.2, 0.25) is 5.91 Å². The lowest BCUT2D eigenvalue weighted by Crippen LogP contribution is -2.39. The van der Waals surface area contributed by atoms with Crippen molar-refractivity contribution in [2.24, 2.45) is 0 Å². The van der Waals surface area contributed by atoms with Crippen LogP contribution in [0.1, 0.15) is 59.8 Å². The lowest BCUT2D eigenvalue weighted by molar-refractivity contribution is -0.132. The van der Waals surface area contributed by atoms with Crippen LogP contribution < -0.4 is 0 Å². The van der Waals surface area contributed by atoms with Crippen LogP contribution in [0.2, 0.25) is 0 Å². The SMILES string of the molecule is Cc1c(C(=O)O)cnn1C1CCN(C(=O)CC(C)c2ccc(F)cc2F)CC1. The number of rotatable bonds is 5. The number of aromatic nitrogens is 2. The van der Waals surface area contributed by atoms with Crippen molar-refractivity contribution in [1.29, 1.82) is 0 Å². The van der Waals surface area contributed by atoms with E-state index in [0.717, 1.165) is 6.07 Å². The van der Waals surface area contributed by atoms with Gasteiger partial charge < -0.3 is 10.0 Å². The molecule has 0 aliphatic carbocycles. The number of carboxylic acids is 1. The van der Waals surface area contributed by atoms with Crippen LogP contribution in [0.15, 0.2) is 24.4 Å². The number of hydrogen-bond acceptors (Lipinski definition) is 3. The summed E-state index contributed by atoms with van der Waals surface area (Å²) in [6.45, 7) is 4.54. The Kier molecular flexibility index (Phi) is 5.76. The fraction of sp³-hybridized carbons (Fsp3) is 0.450. The molecule has 1 saturated heterocycles. The van der Waals surface area contributed by atoms with Crippen LogP contribution in [0.3, 0.4) is 0 Å². The van der Waals surface area contributed by atoms with Gasteiger partial charge in [0.05, 0.1) is 17.9 Å². The van der Waals surface area contributed by atoms with E-state index in [0.29, 0.717) is 37.2 Å². The van der Waals surface area contributed by atoms with Crippen molar-refractivity contribution in [2.75, 3.05) is 13.1 Å². The van der Waals surface area contributed by atoms with E-state index in [1.807, 2.05) is 0 Å². The second-order valence-corrected chi connectivity index (χ2v) is 7.28. The summed E-state index contributed by atoms with van der Waals surface area (Å²) in [7, 11) is 0. The maximum atomic E-state index is 13.9. The van der Waals surface area contributed by atoms with E-state index in [-0.39, 0.29) is 29.9 Å². The van der Waals surface area contributed by atoms with Gasteiger partial charge in [0.1, 0.15) is 17.2 Å². The molecule has 0 radical (unpaired) electrons. The highest BCUT2D eigenvalue weighted by Crippen LogP contribution is 2.27. The summed E-state index contributed by atoms with van der Waals surface area (Å²) in [5.41, 5.74) is 1.13. The second kappa shape index (κ2) is 8.08. The van der Waals surface area contributed by atoms with Gasteiger partial charge in [-0.2, -0.15) is 5.10 Å². The van der Waals surface area contributed by atoms with Crippen molar-refractivity contribution < 1.29 is 23.5 Å². The third kappa shape index (κ3) is 4.05. The Bertz CT molecular complexity index is 889. The van der Waals surface area contributed by atoms with Crippen molar-refractivity contribution in [3.05, 3.63) is 52.9 Å². The largest absolute Gasteiger partial charge is 0.478 e. The van der Waals surface area contributed by atoms with E-state index < -0.39 is 17.6 Å². The number of carbonyl (C=O) groups is 2. The molecular weight excluding hydrogens is 368 g/mol. The number of benzene rings is 1. The van der Waals surface area contributed by atoms with Gasteiger partial charge in [0.25, 0.3) is 0 Å². The first-order valence-electron chi connectivity index (χ1n) is 9.28. The Balaban J connectivity index is 1.58. The summed E-state index contributed by atoms with van der Waals surface area (Å²) in [5, 5.41) is 13.3. The molecule has 2 aromatic rings. The molecule has 1 aromatic heterocycles. The monoisotopic (exact) mass is 391 g/mol. The molecule has 8 heteroatoms. The third-order valence-electron chi connectivity index (χ3n) is 5.41. The highest BCUT2D eigenvalue weighted by molar-refractivity contribution is 5.88. The Labute approximate surface area is 161 Å².